The summed E-state index contributed by atoms with van der Waals surface area (Å²) in [6.45, 7) is 0.268. The summed E-state index contributed by atoms with van der Waals surface area (Å²) in [7, 11) is 0. The molecule has 0 unspecified atom stereocenters. The number of fused-ring (bicyclic) bond motifs is 1. The molecular formula is C18H14F3N7. The molecule has 10 heteroatoms. The van der Waals surface area contributed by atoms with Gasteiger partial charge in [-0.1, -0.05) is 6.07 Å². The second-order valence-corrected chi connectivity index (χ2v) is 6.09. The lowest BCUT2D eigenvalue weighted by Crippen LogP contribution is -2.09. The Kier molecular flexibility index (Phi) is 4.60. The topological polar surface area (TPSA) is 92.3 Å². The molecule has 4 heterocycles. The van der Waals surface area contributed by atoms with Gasteiger partial charge in [0.25, 0.3) is 0 Å². The molecule has 4 aromatic rings. The van der Waals surface area contributed by atoms with Gasteiger partial charge >= 0.3 is 6.18 Å². The maximum absolute atomic E-state index is 12.5. The molecule has 0 amide bonds. The van der Waals surface area contributed by atoms with Gasteiger partial charge in [-0.15, -0.1) is 0 Å². The Labute approximate surface area is 157 Å². The first-order chi connectivity index (χ1) is 13.5. The largest absolute Gasteiger partial charge is 0.433 e. The Morgan fingerprint density at radius 3 is 2.43 bits per heavy atom. The van der Waals surface area contributed by atoms with E-state index in [1.807, 2.05) is 6.20 Å². The molecule has 0 fully saturated rings. The number of rotatable bonds is 5. The van der Waals surface area contributed by atoms with Crippen LogP contribution in [0.25, 0.3) is 11.0 Å². The number of aromatic amines is 1. The van der Waals surface area contributed by atoms with Crippen molar-refractivity contribution in [3.8, 4) is 0 Å². The predicted octanol–water partition coefficient (Wildman–Crippen LogP) is 3.36. The van der Waals surface area contributed by atoms with E-state index in [-0.39, 0.29) is 6.54 Å². The molecule has 0 atom stereocenters. The lowest BCUT2D eigenvalue weighted by molar-refractivity contribution is -0.141. The molecule has 2 N–H and O–H groups in total. The lowest BCUT2D eigenvalue weighted by atomic mass is 10.1. The van der Waals surface area contributed by atoms with Crippen LogP contribution in [0, 0.1) is 0 Å². The van der Waals surface area contributed by atoms with Gasteiger partial charge in [0.15, 0.2) is 0 Å². The summed E-state index contributed by atoms with van der Waals surface area (Å²) in [6, 6.07) is 2.32. The first-order valence-corrected chi connectivity index (χ1v) is 8.32. The molecule has 0 radical (unpaired) electrons. The fourth-order valence-electron chi connectivity index (χ4n) is 2.69. The van der Waals surface area contributed by atoms with Crippen LogP contribution in [-0.4, -0.2) is 29.9 Å². The third kappa shape index (κ3) is 3.90. The van der Waals surface area contributed by atoms with Gasteiger partial charge in [-0.05, 0) is 22.8 Å². The highest BCUT2D eigenvalue weighted by molar-refractivity contribution is 5.78. The number of anilines is 1. The molecule has 28 heavy (non-hydrogen) atoms. The van der Waals surface area contributed by atoms with Crippen LogP contribution >= 0.6 is 0 Å². The summed E-state index contributed by atoms with van der Waals surface area (Å²) in [4.78, 5) is 23.2. The fourth-order valence-corrected chi connectivity index (χ4v) is 2.69. The molecular weight excluding hydrogens is 371 g/mol. The molecule has 0 bridgehead atoms. The minimum absolute atomic E-state index is 0.268. The van der Waals surface area contributed by atoms with E-state index in [9.17, 15) is 13.2 Å². The van der Waals surface area contributed by atoms with Gasteiger partial charge in [-0.25, -0.2) is 19.9 Å². The average Bonchev–Trinajstić information content (AvgIpc) is 3.10. The first kappa shape index (κ1) is 17.8. The van der Waals surface area contributed by atoms with Crippen molar-refractivity contribution in [2.24, 2.45) is 0 Å². The Morgan fingerprint density at radius 2 is 1.71 bits per heavy atom. The molecule has 4 aromatic heterocycles. The van der Waals surface area contributed by atoms with E-state index < -0.39 is 11.9 Å². The smallest absolute Gasteiger partial charge is 0.350 e. The van der Waals surface area contributed by atoms with E-state index in [2.05, 4.69) is 35.2 Å². The predicted molar refractivity (Wildman–Crippen MR) is 95.3 cm³/mol. The Balaban J connectivity index is 1.38. The summed E-state index contributed by atoms with van der Waals surface area (Å²) >= 11 is 0. The van der Waals surface area contributed by atoms with Crippen LogP contribution in [0.3, 0.4) is 0 Å². The second kappa shape index (κ2) is 7.22. The van der Waals surface area contributed by atoms with Crippen LogP contribution in [0.1, 0.15) is 22.4 Å². The highest BCUT2D eigenvalue weighted by Gasteiger charge is 2.31. The summed E-state index contributed by atoms with van der Waals surface area (Å²) in [5, 5.41) is 3.91. The SMILES string of the molecule is FC(F)(F)c1ccc(CNc2ncc(Cc3c[nH]c4ncncc34)cn2)cn1. The maximum Gasteiger partial charge on any atom is 0.433 e. The van der Waals surface area contributed by atoms with Crippen molar-refractivity contribution in [1.29, 1.82) is 0 Å². The number of hydrogen-bond acceptors (Lipinski definition) is 6. The van der Waals surface area contributed by atoms with Crippen LogP contribution in [-0.2, 0) is 19.1 Å². The second-order valence-electron chi connectivity index (χ2n) is 6.09. The number of H-pyrrole nitrogens is 1. The molecule has 0 aliphatic rings. The van der Waals surface area contributed by atoms with Crippen molar-refractivity contribution in [2.75, 3.05) is 5.32 Å². The number of halogens is 3. The molecule has 142 valence electrons. The monoisotopic (exact) mass is 385 g/mol. The molecule has 7 nitrogen and oxygen atoms in total. The number of nitrogens with one attached hydrogen (secondary N) is 2. The summed E-state index contributed by atoms with van der Waals surface area (Å²) in [6.07, 6.45) is 5.87. The number of nitrogens with zero attached hydrogens (tertiary/aromatic N) is 5. The number of aromatic nitrogens is 6. The minimum Gasteiger partial charge on any atom is -0.350 e. The van der Waals surface area contributed by atoms with Gasteiger partial charge in [0.1, 0.15) is 17.7 Å². The quantitative estimate of drug-likeness (QED) is 0.547. The van der Waals surface area contributed by atoms with E-state index in [0.717, 1.165) is 28.2 Å². The molecule has 0 aliphatic heterocycles. The van der Waals surface area contributed by atoms with Gasteiger partial charge < -0.3 is 10.3 Å². The minimum atomic E-state index is -4.44. The van der Waals surface area contributed by atoms with Gasteiger partial charge in [0, 0.05) is 49.3 Å². The molecule has 0 saturated heterocycles. The van der Waals surface area contributed by atoms with E-state index in [0.29, 0.717) is 17.9 Å². The van der Waals surface area contributed by atoms with Gasteiger partial charge in [0.2, 0.25) is 5.95 Å². The first-order valence-electron chi connectivity index (χ1n) is 8.32. The van der Waals surface area contributed by atoms with Crippen molar-refractivity contribution in [3.63, 3.8) is 0 Å². The van der Waals surface area contributed by atoms with Crippen LogP contribution in [0.15, 0.2) is 49.4 Å². The molecule has 4 rings (SSSR count). The summed E-state index contributed by atoms with van der Waals surface area (Å²) in [5.74, 6) is 0.380. The summed E-state index contributed by atoms with van der Waals surface area (Å²) < 4.78 is 37.6. The van der Waals surface area contributed by atoms with E-state index >= 15 is 0 Å². The van der Waals surface area contributed by atoms with Gasteiger partial charge in [-0.3, -0.25) is 4.98 Å². The number of alkyl halides is 3. The molecule has 0 saturated carbocycles. The standard InChI is InChI=1S/C18H14F3N7/c19-18(20,21)15-2-1-11(4-23-15)5-25-17-26-6-12(7-27-17)3-13-8-24-16-14(13)9-22-10-28-16/h1-2,4,6-10H,3,5H2,(H,22,24,28)(H,25,26,27). The normalized spacial score (nSPS) is 11.7. The third-order valence-electron chi connectivity index (χ3n) is 4.11. The maximum atomic E-state index is 12.5. The highest BCUT2D eigenvalue weighted by atomic mass is 19.4. The zero-order chi connectivity index (χ0) is 19.6. The molecule has 0 aliphatic carbocycles. The number of hydrogen-bond donors (Lipinski definition) is 2. The van der Waals surface area contributed by atoms with Gasteiger partial charge in [-0.2, -0.15) is 13.2 Å². The third-order valence-corrected chi connectivity index (χ3v) is 4.11. The van der Waals surface area contributed by atoms with Crippen molar-refractivity contribution < 1.29 is 13.2 Å². The van der Waals surface area contributed by atoms with Crippen molar-refractivity contribution >= 4 is 17.0 Å². The zero-order valence-corrected chi connectivity index (χ0v) is 14.4. The number of pyridine rings is 1. The zero-order valence-electron chi connectivity index (χ0n) is 14.4. The van der Waals surface area contributed by atoms with E-state index in [1.54, 1.807) is 18.6 Å². The lowest BCUT2D eigenvalue weighted by Gasteiger charge is -2.08. The van der Waals surface area contributed by atoms with Crippen molar-refractivity contribution in [2.45, 2.75) is 19.1 Å². The van der Waals surface area contributed by atoms with Crippen molar-refractivity contribution in [1.82, 2.24) is 29.9 Å². The van der Waals surface area contributed by atoms with Crippen LogP contribution in [0.4, 0.5) is 19.1 Å². The van der Waals surface area contributed by atoms with Crippen LogP contribution in [0.2, 0.25) is 0 Å². The molecule has 0 spiro atoms. The Hall–Kier alpha value is -3.56. The highest BCUT2D eigenvalue weighted by Crippen LogP contribution is 2.27. The Morgan fingerprint density at radius 1 is 0.929 bits per heavy atom. The van der Waals surface area contributed by atoms with E-state index in [4.69, 9.17) is 0 Å². The fraction of sp³-hybridized carbons (Fsp3) is 0.167. The average molecular weight is 385 g/mol. The van der Waals surface area contributed by atoms with Crippen LogP contribution in [0.5, 0.6) is 0 Å². The van der Waals surface area contributed by atoms with E-state index in [1.165, 1.54) is 18.6 Å². The summed E-state index contributed by atoms with van der Waals surface area (Å²) in [5.41, 5.74) is 2.40. The Bertz CT molecular complexity index is 1070. The van der Waals surface area contributed by atoms with Crippen molar-refractivity contribution in [3.05, 3.63) is 71.8 Å². The molecule has 0 aromatic carbocycles. The van der Waals surface area contributed by atoms with Crippen LogP contribution < -0.4 is 5.32 Å². The van der Waals surface area contributed by atoms with Gasteiger partial charge in [0.05, 0.1) is 0 Å².